The van der Waals surface area contributed by atoms with Crippen LogP contribution in [0.25, 0.3) is 11.0 Å². The van der Waals surface area contributed by atoms with E-state index in [0.29, 0.717) is 24.6 Å². The number of hydrogen-bond acceptors (Lipinski definition) is 7. The zero-order valence-corrected chi connectivity index (χ0v) is 25.3. The van der Waals surface area contributed by atoms with Crippen LogP contribution in [0.2, 0.25) is 5.02 Å². The number of piperidine rings is 1. The van der Waals surface area contributed by atoms with E-state index in [0.717, 1.165) is 61.4 Å². The van der Waals surface area contributed by atoms with Gasteiger partial charge in [-0.25, -0.2) is 19.0 Å². The fourth-order valence-corrected chi connectivity index (χ4v) is 6.70. The van der Waals surface area contributed by atoms with Gasteiger partial charge in [0.25, 0.3) is 0 Å². The first-order valence-electron chi connectivity index (χ1n) is 15.0. The van der Waals surface area contributed by atoms with E-state index in [4.69, 9.17) is 30.8 Å². The Morgan fingerprint density at radius 2 is 1.96 bits per heavy atom. The lowest BCUT2D eigenvalue weighted by Gasteiger charge is -2.39. The summed E-state index contributed by atoms with van der Waals surface area (Å²) in [6.45, 7) is 5.16. The summed E-state index contributed by atoms with van der Waals surface area (Å²) in [7, 11) is 0. The molecule has 3 aliphatic heterocycles. The second-order valence-electron chi connectivity index (χ2n) is 11.9. The van der Waals surface area contributed by atoms with Gasteiger partial charge in [-0.15, -0.1) is 0 Å². The number of fused-ring (bicyclic) bond motifs is 2. The molecule has 1 N–H and O–H groups in total. The minimum Gasteiger partial charge on any atom is -0.478 e. The Labute approximate surface area is 263 Å². The normalized spacial score (nSPS) is 21.8. The molecule has 7 rings (SSSR count). The third-order valence-corrected chi connectivity index (χ3v) is 9.38. The van der Waals surface area contributed by atoms with Crippen LogP contribution in [0, 0.1) is 5.82 Å². The number of carbonyl (C=O) groups excluding carboxylic acids is 1. The van der Waals surface area contributed by atoms with E-state index in [1.54, 1.807) is 37.3 Å². The van der Waals surface area contributed by atoms with Crippen molar-refractivity contribution in [2.75, 3.05) is 19.7 Å². The first-order chi connectivity index (χ1) is 21.7. The largest absolute Gasteiger partial charge is 0.478 e. The molecule has 1 unspecified atom stereocenters. The first-order valence-corrected chi connectivity index (χ1v) is 15.4. The lowest BCUT2D eigenvalue weighted by atomic mass is 9.87. The topological polar surface area (TPSA) is 103 Å². The predicted octanol–water partition coefficient (Wildman–Crippen LogP) is 6.10. The molecule has 0 radical (unpaired) electrons. The number of hydrogen-bond donors (Lipinski definition) is 1. The SMILES string of the molecule is CC1(c2ccc(Cl)cc2F)Oc2c(cccc2C2CCN(Cc3nc4ccc(C(=O)O)cc4n3C[C@@H]3CCO3)CC2)OC1=C=O. The summed E-state index contributed by atoms with van der Waals surface area (Å²) in [5, 5.41) is 9.78. The third kappa shape index (κ3) is 5.38. The van der Waals surface area contributed by atoms with Crippen LogP contribution in [0.4, 0.5) is 4.39 Å². The molecule has 0 aliphatic carbocycles. The molecule has 3 aromatic carbocycles. The quantitative estimate of drug-likeness (QED) is 0.244. The zero-order chi connectivity index (χ0) is 31.3. The number of carbonyl (C=O) groups is 1. The molecule has 45 heavy (non-hydrogen) atoms. The summed E-state index contributed by atoms with van der Waals surface area (Å²) in [4.78, 5) is 30.8. The van der Waals surface area contributed by atoms with Crippen LogP contribution in [0.1, 0.15) is 59.4 Å². The number of rotatable bonds is 7. The lowest BCUT2D eigenvalue weighted by Crippen LogP contribution is -2.39. The molecular formula is C34H31ClFN3O6. The van der Waals surface area contributed by atoms with Gasteiger partial charge in [0, 0.05) is 22.8 Å². The highest BCUT2D eigenvalue weighted by Crippen LogP contribution is 2.49. The number of para-hydroxylation sites is 1. The second kappa shape index (κ2) is 11.6. The van der Waals surface area contributed by atoms with Crippen molar-refractivity contribution in [3.05, 3.63) is 93.7 Å². The molecule has 0 bridgehead atoms. The monoisotopic (exact) mass is 631 g/mol. The molecule has 1 aromatic heterocycles. The highest BCUT2D eigenvalue weighted by atomic mass is 35.5. The van der Waals surface area contributed by atoms with E-state index in [9.17, 15) is 14.7 Å². The number of nitrogens with zero attached hydrogens (tertiary/aromatic N) is 3. The van der Waals surface area contributed by atoms with Gasteiger partial charge < -0.3 is 23.9 Å². The summed E-state index contributed by atoms with van der Waals surface area (Å²) in [5.74, 6) is 1.98. The van der Waals surface area contributed by atoms with Crippen molar-refractivity contribution >= 4 is 34.5 Å². The van der Waals surface area contributed by atoms with E-state index in [1.807, 2.05) is 18.1 Å². The maximum atomic E-state index is 15.1. The van der Waals surface area contributed by atoms with Gasteiger partial charge in [0.15, 0.2) is 17.4 Å². The molecule has 3 aliphatic rings. The fourth-order valence-electron chi connectivity index (χ4n) is 6.54. The standard InChI is InChI=1S/C34H31ClFN3O6/c1-34(25-7-6-22(35)16-26(25)36)30(19-40)44-29-4-2-3-24(32(29)45-34)20-9-12-38(13-10-20)18-31-37-27-8-5-21(33(41)42)15-28(27)39(31)17-23-11-14-43-23/h2-8,15-16,20,23H,9-14,17-18H2,1H3,(H,41,42)/t23-,34?/m0/s1. The Kier molecular flexibility index (Phi) is 7.61. The minimum absolute atomic E-state index is 0.0912. The molecule has 0 spiro atoms. The van der Waals surface area contributed by atoms with Gasteiger partial charge in [-0.3, -0.25) is 4.90 Å². The Morgan fingerprint density at radius 1 is 1.16 bits per heavy atom. The van der Waals surface area contributed by atoms with Crippen molar-refractivity contribution in [3.63, 3.8) is 0 Å². The number of carboxylic acid groups (broad SMARTS) is 1. The zero-order valence-electron chi connectivity index (χ0n) is 24.6. The van der Waals surface area contributed by atoms with E-state index in [-0.39, 0.29) is 33.9 Å². The Bertz CT molecular complexity index is 1860. The molecule has 9 nitrogen and oxygen atoms in total. The maximum Gasteiger partial charge on any atom is 0.335 e. The Hall–Kier alpha value is -4.21. The van der Waals surface area contributed by atoms with Crippen LogP contribution in [-0.2, 0) is 28.2 Å². The number of carboxylic acids is 1. The number of ether oxygens (including phenoxy) is 3. The van der Waals surface area contributed by atoms with Gasteiger partial charge in [-0.1, -0.05) is 29.8 Å². The molecular weight excluding hydrogens is 601 g/mol. The predicted molar refractivity (Wildman–Crippen MR) is 164 cm³/mol. The van der Waals surface area contributed by atoms with Gasteiger partial charge in [0.05, 0.1) is 35.8 Å². The smallest absolute Gasteiger partial charge is 0.335 e. The average molecular weight is 632 g/mol. The van der Waals surface area contributed by atoms with Gasteiger partial charge in [0.1, 0.15) is 11.6 Å². The van der Waals surface area contributed by atoms with Crippen molar-refractivity contribution in [3.8, 4) is 11.5 Å². The number of aromatic carboxylic acids is 1. The summed E-state index contributed by atoms with van der Waals surface area (Å²) in [6, 6.07) is 14.9. The number of likely N-dealkylation sites (tertiary alicyclic amines) is 1. The molecule has 232 valence electrons. The highest BCUT2D eigenvalue weighted by molar-refractivity contribution is 6.30. The van der Waals surface area contributed by atoms with Crippen LogP contribution in [0.3, 0.4) is 0 Å². The lowest BCUT2D eigenvalue weighted by molar-refractivity contribution is -0.0592. The highest BCUT2D eigenvalue weighted by Gasteiger charge is 2.45. The number of halogens is 2. The van der Waals surface area contributed by atoms with Crippen LogP contribution in [0.15, 0.2) is 60.4 Å². The fraction of sp³-hybridized carbons (Fsp3) is 0.353. The molecule has 0 amide bonds. The van der Waals surface area contributed by atoms with E-state index < -0.39 is 17.4 Å². The Morgan fingerprint density at radius 3 is 2.64 bits per heavy atom. The molecule has 2 atom stereocenters. The Balaban J connectivity index is 1.12. The summed E-state index contributed by atoms with van der Waals surface area (Å²) in [5.41, 5.74) is 1.34. The summed E-state index contributed by atoms with van der Waals surface area (Å²) in [6.07, 6.45) is 2.71. The van der Waals surface area contributed by atoms with Crippen LogP contribution >= 0.6 is 11.6 Å². The van der Waals surface area contributed by atoms with Crippen molar-refractivity contribution in [2.24, 2.45) is 0 Å². The van der Waals surface area contributed by atoms with Crippen molar-refractivity contribution in [1.29, 1.82) is 0 Å². The molecule has 11 heteroatoms. The van der Waals surface area contributed by atoms with Crippen LogP contribution in [0.5, 0.6) is 11.5 Å². The number of benzene rings is 3. The average Bonchev–Trinajstić information content (AvgIpc) is 3.34. The van der Waals surface area contributed by atoms with Gasteiger partial charge >= 0.3 is 5.97 Å². The second-order valence-corrected chi connectivity index (χ2v) is 12.4. The van der Waals surface area contributed by atoms with Crippen molar-refractivity contribution < 1.29 is 33.3 Å². The van der Waals surface area contributed by atoms with E-state index >= 15 is 4.39 Å². The van der Waals surface area contributed by atoms with Crippen LogP contribution in [-0.4, -0.2) is 57.3 Å². The van der Waals surface area contributed by atoms with E-state index in [1.165, 1.54) is 12.1 Å². The summed E-state index contributed by atoms with van der Waals surface area (Å²) < 4.78 is 35.3. The van der Waals surface area contributed by atoms with Gasteiger partial charge in [-0.05, 0) is 81.6 Å². The molecule has 2 fully saturated rings. The molecule has 4 heterocycles. The molecule has 4 aromatic rings. The molecule has 2 saturated heterocycles. The van der Waals surface area contributed by atoms with Gasteiger partial charge in [0.2, 0.25) is 11.4 Å². The molecule has 0 saturated carbocycles. The maximum absolute atomic E-state index is 15.1. The minimum atomic E-state index is -1.52. The number of aromatic nitrogens is 2. The van der Waals surface area contributed by atoms with Crippen molar-refractivity contribution in [1.82, 2.24) is 14.5 Å². The van der Waals surface area contributed by atoms with Crippen LogP contribution < -0.4 is 9.47 Å². The first kappa shape index (κ1) is 29.5. The van der Waals surface area contributed by atoms with Crippen molar-refractivity contribution in [2.45, 2.75) is 56.9 Å². The van der Waals surface area contributed by atoms with E-state index in [2.05, 4.69) is 9.47 Å². The number of imidazole rings is 1. The third-order valence-electron chi connectivity index (χ3n) is 9.14. The van der Waals surface area contributed by atoms with Gasteiger partial charge in [-0.2, -0.15) is 0 Å². The summed E-state index contributed by atoms with van der Waals surface area (Å²) >= 11 is 5.99.